The number of pyridine rings is 1. The van der Waals surface area contributed by atoms with Crippen molar-refractivity contribution in [2.24, 2.45) is 0 Å². The van der Waals surface area contributed by atoms with E-state index in [9.17, 15) is 5.26 Å². The van der Waals surface area contributed by atoms with Gasteiger partial charge in [-0.25, -0.2) is 0 Å². The second-order valence-electron chi connectivity index (χ2n) is 20.5. The Hall–Kier alpha value is -10.9. The molecule has 0 N–H and O–H groups in total. The smallest absolute Gasteiger partial charge is 0.101 e. The lowest BCUT2D eigenvalue weighted by Crippen LogP contribution is -2.18. The Balaban J connectivity index is 1.30. The van der Waals surface area contributed by atoms with Crippen LogP contribution in [0.1, 0.15) is 5.56 Å². The Bertz CT molecular complexity index is 4940. The van der Waals surface area contributed by atoms with Crippen LogP contribution in [0.5, 0.6) is 0 Å². The van der Waals surface area contributed by atoms with Crippen molar-refractivity contribution in [2.75, 3.05) is 0 Å². The van der Waals surface area contributed by atoms with Crippen LogP contribution in [0.15, 0.2) is 261 Å². The normalized spacial score (nSPS) is 12.0. The van der Waals surface area contributed by atoms with Crippen LogP contribution in [0.2, 0.25) is 0 Å². The maximum absolute atomic E-state index is 10.5. The molecule has 0 bridgehead atoms. The first-order chi connectivity index (χ1) is 39.2. The van der Waals surface area contributed by atoms with E-state index in [0.717, 1.165) is 143 Å². The Morgan fingerprint density at radius 1 is 0.241 bits per heavy atom. The molecule has 0 saturated carbocycles. The molecule has 0 spiro atoms. The minimum Gasteiger partial charge on any atom is -0.306 e. The summed E-state index contributed by atoms with van der Waals surface area (Å²) in [7, 11) is 0. The Labute approximate surface area is 452 Å². The molecule has 11 aromatic carbocycles. The summed E-state index contributed by atoms with van der Waals surface area (Å²) in [5.74, 6) is 0. The molecule has 0 aliphatic carbocycles. The molecule has 79 heavy (non-hydrogen) atoms. The Morgan fingerprint density at radius 2 is 0.443 bits per heavy atom. The van der Waals surface area contributed by atoms with Crippen molar-refractivity contribution >= 4 is 109 Å². The highest BCUT2D eigenvalue weighted by Crippen LogP contribution is 2.54. The molecular formula is C72H43N7. The standard InChI is InChI=1S/C72H43N7/c73-43-45-41-42-56(74-44-45)67-68(75-57-31-11-1-21-46(57)47-22-2-12-32-58(47)75)70(77-61-35-15-5-25-50(61)51-26-6-16-36-62(51)77)72(79-65-39-19-9-29-54(65)55-30-10-20-40-66(55)79)71(78-63-37-17-7-27-52(63)53-28-8-18-38-64(53)78)69(67)76-59-33-13-3-23-48(59)49-24-4-14-34-60(49)76/h1-42,44H. The first-order valence-electron chi connectivity index (χ1n) is 26.8. The van der Waals surface area contributed by atoms with E-state index in [-0.39, 0.29) is 0 Å². The molecular weight excluding hydrogens is 963 g/mol. The van der Waals surface area contributed by atoms with Gasteiger partial charge in [0, 0.05) is 60.1 Å². The number of nitrogens with zero attached hydrogens (tertiary/aromatic N) is 7. The van der Waals surface area contributed by atoms with E-state index in [1.807, 2.05) is 6.07 Å². The van der Waals surface area contributed by atoms with Gasteiger partial charge in [0.05, 0.1) is 100 Å². The maximum Gasteiger partial charge on any atom is 0.101 e. The fourth-order valence-corrected chi connectivity index (χ4v) is 13.4. The van der Waals surface area contributed by atoms with E-state index in [1.54, 1.807) is 6.20 Å². The largest absolute Gasteiger partial charge is 0.306 e. The van der Waals surface area contributed by atoms with Crippen LogP contribution in [0.3, 0.4) is 0 Å². The summed E-state index contributed by atoms with van der Waals surface area (Å²) in [6.45, 7) is 0. The van der Waals surface area contributed by atoms with Gasteiger partial charge in [0.15, 0.2) is 0 Å². The summed E-state index contributed by atoms with van der Waals surface area (Å²) < 4.78 is 12.7. The highest BCUT2D eigenvalue weighted by Gasteiger charge is 2.37. The molecule has 366 valence electrons. The summed E-state index contributed by atoms with van der Waals surface area (Å²) in [6, 6.07) is 94.9. The zero-order valence-electron chi connectivity index (χ0n) is 42.5. The van der Waals surface area contributed by atoms with Crippen LogP contribution in [-0.2, 0) is 0 Å². The van der Waals surface area contributed by atoms with Crippen LogP contribution < -0.4 is 0 Å². The molecule has 0 aliphatic rings. The van der Waals surface area contributed by atoms with Gasteiger partial charge in [0.2, 0.25) is 0 Å². The van der Waals surface area contributed by atoms with Gasteiger partial charge in [-0.2, -0.15) is 5.26 Å². The topological polar surface area (TPSA) is 61.3 Å². The first-order valence-corrected chi connectivity index (χ1v) is 26.8. The molecule has 6 aromatic heterocycles. The predicted molar refractivity (Wildman–Crippen MR) is 326 cm³/mol. The molecule has 0 saturated heterocycles. The third kappa shape index (κ3) is 5.92. The van der Waals surface area contributed by atoms with E-state index in [4.69, 9.17) is 4.98 Å². The number of benzene rings is 11. The fourth-order valence-electron chi connectivity index (χ4n) is 13.4. The van der Waals surface area contributed by atoms with Crippen LogP contribution in [0, 0.1) is 11.3 Å². The molecule has 6 heterocycles. The number of nitriles is 1. The Morgan fingerprint density at radius 3 is 0.646 bits per heavy atom. The third-order valence-corrected chi connectivity index (χ3v) is 16.5. The van der Waals surface area contributed by atoms with Gasteiger partial charge in [-0.05, 0) is 72.8 Å². The third-order valence-electron chi connectivity index (χ3n) is 16.5. The van der Waals surface area contributed by atoms with Gasteiger partial charge in [-0.1, -0.05) is 182 Å². The number of hydrogen-bond donors (Lipinski definition) is 0. The highest BCUT2D eigenvalue weighted by atomic mass is 15.2. The summed E-state index contributed by atoms with van der Waals surface area (Å²) >= 11 is 0. The molecule has 0 unspecified atom stereocenters. The van der Waals surface area contributed by atoms with E-state index < -0.39 is 0 Å². The Kier molecular flexibility index (Phi) is 9.06. The molecule has 0 amide bonds. The van der Waals surface area contributed by atoms with Crippen LogP contribution in [-0.4, -0.2) is 27.8 Å². The van der Waals surface area contributed by atoms with Crippen LogP contribution >= 0.6 is 0 Å². The molecule has 17 rings (SSSR count). The van der Waals surface area contributed by atoms with Crippen molar-refractivity contribution in [3.8, 4) is 45.8 Å². The highest BCUT2D eigenvalue weighted by molar-refractivity contribution is 6.19. The number of fused-ring (bicyclic) bond motifs is 15. The quantitative estimate of drug-likeness (QED) is 0.167. The lowest BCUT2D eigenvalue weighted by molar-refractivity contribution is 0.999. The van der Waals surface area contributed by atoms with Crippen molar-refractivity contribution in [1.29, 1.82) is 5.26 Å². The zero-order chi connectivity index (χ0) is 51.9. The van der Waals surface area contributed by atoms with Gasteiger partial charge in [0.25, 0.3) is 0 Å². The lowest BCUT2D eigenvalue weighted by atomic mass is 9.97. The maximum atomic E-state index is 10.5. The number of para-hydroxylation sites is 10. The number of aromatic nitrogens is 6. The monoisotopic (exact) mass is 1010 g/mol. The summed E-state index contributed by atoms with van der Waals surface area (Å²) in [6.07, 6.45) is 1.74. The van der Waals surface area contributed by atoms with E-state index in [2.05, 4.69) is 278 Å². The average molecular weight is 1010 g/mol. The van der Waals surface area contributed by atoms with Gasteiger partial charge >= 0.3 is 0 Å². The predicted octanol–water partition coefficient (Wildman–Crippen LogP) is 18.1. The van der Waals surface area contributed by atoms with E-state index in [1.165, 1.54) is 0 Å². The molecule has 0 atom stereocenters. The SMILES string of the molecule is N#Cc1ccc(-c2c(-n3c4ccccc4c4ccccc43)c(-n3c4ccccc4c4ccccc43)c(-n3c4ccccc4c4ccccc43)c(-n3c4ccccc4c4ccccc43)c2-n2c3ccccc3c3ccccc32)nc1. The molecule has 17 aromatic rings. The van der Waals surface area contributed by atoms with Gasteiger partial charge in [-0.15, -0.1) is 0 Å². The molecule has 0 radical (unpaired) electrons. The average Bonchev–Trinajstić information content (AvgIpc) is 3.47. The number of rotatable bonds is 6. The second kappa shape index (κ2) is 16.5. The van der Waals surface area contributed by atoms with Gasteiger partial charge in [-0.3, -0.25) is 4.98 Å². The lowest BCUT2D eigenvalue weighted by Gasteiger charge is -2.31. The molecule has 7 heteroatoms. The van der Waals surface area contributed by atoms with Crippen molar-refractivity contribution in [3.63, 3.8) is 0 Å². The fraction of sp³-hybridized carbons (Fsp3) is 0. The summed E-state index contributed by atoms with van der Waals surface area (Å²) in [5, 5.41) is 21.9. The molecule has 0 aliphatic heterocycles. The van der Waals surface area contributed by atoms with E-state index >= 15 is 0 Å². The van der Waals surface area contributed by atoms with E-state index in [0.29, 0.717) is 11.3 Å². The molecule has 7 nitrogen and oxygen atoms in total. The van der Waals surface area contributed by atoms with Crippen LogP contribution in [0.4, 0.5) is 0 Å². The van der Waals surface area contributed by atoms with Gasteiger partial charge < -0.3 is 22.8 Å². The summed E-state index contributed by atoms with van der Waals surface area (Å²) in [5.41, 5.74) is 17.4. The minimum atomic E-state index is 0.479. The van der Waals surface area contributed by atoms with Crippen molar-refractivity contribution in [2.45, 2.75) is 0 Å². The van der Waals surface area contributed by atoms with Crippen molar-refractivity contribution in [3.05, 3.63) is 267 Å². The van der Waals surface area contributed by atoms with Gasteiger partial charge in [0.1, 0.15) is 6.07 Å². The zero-order valence-corrected chi connectivity index (χ0v) is 42.5. The number of hydrogen-bond acceptors (Lipinski definition) is 2. The summed E-state index contributed by atoms with van der Waals surface area (Å²) in [4.78, 5) is 5.49. The second-order valence-corrected chi connectivity index (χ2v) is 20.5. The van der Waals surface area contributed by atoms with Crippen molar-refractivity contribution in [1.82, 2.24) is 27.8 Å². The molecule has 0 fully saturated rings. The van der Waals surface area contributed by atoms with Crippen LogP contribution in [0.25, 0.3) is 149 Å². The first kappa shape index (κ1) is 43.3. The minimum absolute atomic E-state index is 0.479. The van der Waals surface area contributed by atoms with Crippen molar-refractivity contribution < 1.29 is 0 Å².